The van der Waals surface area contributed by atoms with Crippen LogP contribution in [-0.4, -0.2) is 38.2 Å². The average molecular weight is 450 g/mol. The third kappa shape index (κ3) is 5.00. The summed E-state index contributed by atoms with van der Waals surface area (Å²) in [7, 11) is 0. The molecule has 0 aliphatic carbocycles. The predicted molar refractivity (Wildman–Crippen MR) is 122 cm³/mol. The third-order valence-corrected chi connectivity index (χ3v) is 5.70. The molecule has 8 nitrogen and oxygen atoms in total. The predicted octanol–water partition coefficient (Wildman–Crippen LogP) is 4.24. The second kappa shape index (κ2) is 9.36. The molecule has 0 atom stereocenters. The van der Waals surface area contributed by atoms with Crippen LogP contribution in [0.4, 0.5) is 0 Å². The Balaban J connectivity index is 1.52. The molecular weight excluding hydrogens is 422 g/mol. The first kappa shape index (κ1) is 22.4. The van der Waals surface area contributed by atoms with Crippen molar-refractivity contribution in [3.05, 3.63) is 76.5 Å². The molecule has 8 heteroatoms. The van der Waals surface area contributed by atoms with Gasteiger partial charge in [-0.3, -0.25) is 9.48 Å². The van der Waals surface area contributed by atoms with Gasteiger partial charge in [-0.25, -0.2) is 4.79 Å². The van der Waals surface area contributed by atoms with Crippen LogP contribution in [0, 0.1) is 6.92 Å². The van der Waals surface area contributed by atoms with Crippen LogP contribution in [0.2, 0.25) is 0 Å². The number of hydrogen-bond acceptors (Lipinski definition) is 5. The first-order valence-electron chi connectivity index (χ1n) is 10.9. The van der Waals surface area contributed by atoms with Gasteiger partial charge in [0.05, 0.1) is 6.26 Å². The molecule has 33 heavy (non-hydrogen) atoms. The number of carbonyl (C=O) groups excluding carboxylic acids is 1. The maximum absolute atomic E-state index is 12.6. The minimum Gasteiger partial charge on any atom is -0.486 e. The van der Waals surface area contributed by atoms with E-state index in [-0.39, 0.29) is 29.9 Å². The molecule has 0 fully saturated rings. The van der Waals surface area contributed by atoms with Crippen LogP contribution in [-0.2, 0) is 24.4 Å². The largest absolute Gasteiger partial charge is 0.486 e. The number of carbonyl (C=O) groups is 2. The van der Waals surface area contributed by atoms with E-state index in [1.165, 1.54) is 6.08 Å². The van der Waals surface area contributed by atoms with E-state index in [0.29, 0.717) is 25.3 Å². The van der Waals surface area contributed by atoms with E-state index in [2.05, 4.69) is 5.10 Å². The quantitative estimate of drug-likeness (QED) is 0.542. The summed E-state index contributed by atoms with van der Waals surface area (Å²) >= 11 is 0. The highest BCUT2D eigenvalue weighted by atomic mass is 16.5. The van der Waals surface area contributed by atoms with Gasteiger partial charge in [0.1, 0.15) is 29.4 Å². The number of furan rings is 1. The summed E-state index contributed by atoms with van der Waals surface area (Å²) in [5.41, 5.74) is 3.66. The summed E-state index contributed by atoms with van der Waals surface area (Å²) in [4.78, 5) is 26.2. The van der Waals surface area contributed by atoms with Gasteiger partial charge in [0, 0.05) is 31.4 Å². The van der Waals surface area contributed by atoms with Crippen molar-refractivity contribution in [2.45, 2.75) is 46.4 Å². The van der Waals surface area contributed by atoms with Crippen molar-refractivity contribution in [2.24, 2.45) is 0 Å². The number of benzene rings is 1. The van der Waals surface area contributed by atoms with E-state index in [9.17, 15) is 14.7 Å². The lowest BCUT2D eigenvalue weighted by atomic mass is 9.96. The van der Waals surface area contributed by atoms with Crippen molar-refractivity contribution in [2.75, 3.05) is 6.54 Å². The highest BCUT2D eigenvalue weighted by Gasteiger charge is 2.24. The van der Waals surface area contributed by atoms with Crippen molar-refractivity contribution in [3.8, 4) is 5.75 Å². The molecule has 1 aromatic carbocycles. The summed E-state index contributed by atoms with van der Waals surface area (Å²) < 4.78 is 13.0. The van der Waals surface area contributed by atoms with Gasteiger partial charge in [0.25, 0.3) is 0 Å². The topological polar surface area (TPSA) is 97.8 Å². The Kier molecular flexibility index (Phi) is 6.35. The summed E-state index contributed by atoms with van der Waals surface area (Å²) in [5.74, 6) is -0.285. The zero-order valence-electron chi connectivity index (χ0n) is 18.9. The zero-order valence-corrected chi connectivity index (χ0v) is 18.9. The van der Waals surface area contributed by atoms with Crippen LogP contribution in [0.15, 0.2) is 47.2 Å². The third-order valence-electron chi connectivity index (χ3n) is 5.70. The Morgan fingerprint density at radius 2 is 2.12 bits per heavy atom. The fourth-order valence-corrected chi connectivity index (χ4v) is 3.78. The van der Waals surface area contributed by atoms with Gasteiger partial charge in [-0.1, -0.05) is 0 Å². The maximum atomic E-state index is 12.6. The lowest BCUT2D eigenvalue weighted by molar-refractivity contribution is -0.126. The van der Waals surface area contributed by atoms with E-state index < -0.39 is 5.97 Å². The number of amides is 1. The van der Waals surface area contributed by atoms with Gasteiger partial charge in [-0.15, -0.1) is 0 Å². The Morgan fingerprint density at radius 1 is 1.30 bits per heavy atom. The molecule has 0 spiro atoms. The smallest absolute Gasteiger partial charge is 0.339 e. The summed E-state index contributed by atoms with van der Waals surface area (Å²) in [6.45, 7) is 7.10. The molecular formula is C25H27N3O5. The Hall–Kier alpha value is -3.81. The number of carboxylic acids is 1. The van der Waals surface area contributed by atoms with Gasteiger partial charge < -0.3 is 19.2 Å². The van der Waals surface area contributed by atoms with Crippen molar-refractivity contribution >= 4 is 18.0 Å². The average Bonchev–Trinajstić information content (AvgIpc) is 3.44. The lowest BCUT2D eigenvalue weighted by Crippen LogP contribution is -2.35. The van der Waals surface area contributed by atoms with Crippen molar-refractivity contribution in [3.63, 3.8) is 0 Å². The molecule has 1 aliphatic rings. The molecule has 0 saturated heterocycles. The van der Waals surface area contributed by atoms with Gasteiger partial charge in [-0.2, -0.15) is 5.10 Å². The lowest BCUT2D eigenvalue weighted by Gasteiger charge is -2.29. The number of aryl methyl sites for hydroxylation is 1. The van der Waals surface area contributed by atoms with Crippen LogP contribution in [0.1, 0.15) is 58.4 Å². The number of hydrogen-bond donors (Lipinski definition) is 1. The second-order valence-electron chi connectivity index (χ2n) is 8.40. The minimum absolute atomic E-state index is 0.118. The van der Waals surface area contributed by atoms with Crippen molar-refractivity contribution < 1.29 is 23.8 Å². The van der Waals surface area contributed by atoms with Crippen LogP contribution in [0.25, 0.3) is 6.08 Å². The molecule has 2 aromatic heterocycles. The van der Waals surface area contributed by atoms with Gasteiger partial charge in [0.2, 0.25) is 5.91 Å². The Morgan fingerprint density at radius 3 is 2.79 bits per heavy atom. The van der Waals surface area contributed by atoms with E-state index in [0.717, 1.165) is 22.4 Å². The molecule has 1 N–H and O–H groups in total. The van der Waals surface area contributed by atoms with E-state index in [1.807, 2.05) is 31.6 Å². The van der Waals surface area contributed by atoms with Crippen LogP contribution < -0.4 is 4.74 Å². The summed E-state index contributed by atoms with van der Waals surface area (Å²) in [6.07, 6.45) is 7.21. The van der Waals surface area contributed by atoms with Crippen LogP contribution in [0.5, 0.6) is 5.75 Å². The van der Waals surface area contributed by atoms with Gasteiger partial charge in [-0.05, 0) is 74.2 Å². The molecule has 3 heterocycles. The zero-order chi connectivity index (χ0) is 23.5. The fraction of sp³-hybridized carbons (Fsp3) is 0.320. The van der Waals surface area contributed by atoms with Gasteiger partial charge >= 0.3 is 5.97 Å². The maximum Gasteiger partial charge on any atom is 0.339 e. The fourth-order valence-electron chi connectivity index (χ4n) is 3.78. The number of aromatic nitrogens is 2. The molecule has 1 amide bonds. The highest BCUT2D eigenvalue weighted by Crippen LogP contribution is 2.29. The number of ether oxygens (including phenoxy) is 1. The molecule has 0 bridgehead atoms. The number of aromatic carboxylic acids is 1. The van der Waals surface area contributed by atoms with Crippen molar-refractivity contribution in [1.29, 1.82) is 0 Å². The van der Waals surface area contributed by atoms with Crippen molar-refractivity contribution in [1.82, 2.24) is 14.7 Å². The summed E-state index contributed by atoms with van der Waals surface area (Å²) in [5, 5.41) is 14.3. The second-order valence-corrected chi connectivity index (χ2v) is 8.40. The molecule has 3 aromatic rings. The van der Waals surface area contributed by atoms with E-state index in [1.54, 1.807) is 41.5 Å². The summed E-state index contributed by atoms with van der Waals surface area (Å²) in [6, 6.07) is 7.16. The Bertz CT molecular complexity index is 1190. The molecule has 1 aliphatic heterocycles. The first-order chi connectivity index (χ1) is 15.8. The molecule has 0 unspecified atom stereocenters. The minimum atomic E-state index is -1.04. The van der Waals surface area contributed by atoms with E-state index >= 15 is 0 Å². The SMILES string of the molecule is Cc1cn(C(C)C)nc1COc1cc2c(cc1C(=O)O)CCN(C(=O)/C=C/c1ccco1)C2. The molecule has 4 rings (SSSR count). The number of carboxylic acid groups (broad SMARTS) is 1. The standard InChI is InChI=1S/C25H27N3O5/c1-16(2)28-13-17(3)22(26-28)15-33-23-12-19-14-27(9-8-18(19)11-21(23)25(30)31)24(29)7-6-20-5-4-10-32-20/h4-7,10-13,16H,8-9,14-15H2,1-3H3,(H,30,31)/b7-6+. The highest BCUT2D eigenvalue weighted by molar-refractivity contribution is 5.92. The number of nitrogens with zero attached hydrogens (tertiary/aromatic N) is 3. The number of fused-ring (bicyclic) bond motifs is 1. The number of rotatable bonds is 7. The van der Waals surface area contributed by atoms with Crippen LogP contribution in [0.3, 0.4) is 0 Å². The monoisotopic (exact) mass is 449 g/mol. The molecule has 0 saturated carbocycles. The normalized spacial score (nSPS) is 13.5. The molecule has 172 valence electrons. The first-order valence-corrected chi connectivity index (χ1v) is 10.9. The molecule has 0 radical (unpaired) electrons. The Labute approximate surface area is 192 Å². The van der Waals surface area contributed by atoms with E-state index in [4.69, 9.17) is 9.15 Å². The van der Waals surface area contributed by atoms with Gasteiger partial charge in [0.15, 0.2) is 0 Å². The van der Waals surface area contributed by atoms with Crippen LogP contribution >= 0.6 is 0 Å².